The molecule has 10 heteroatoms. The molecule has 1 aliphatic heterocycles. The largest absolute Gasteiger partial charge is 0.364 e. The topological polar surface area (TPSA) is 93.0 Å². The van der Waals surface area contributed by atoms with Crippen LogP contribution in [0.4, 0.5) is 5.82 Å². The average molecular weight is 393 g/mol. The number of fused-ring (bicyclic) bond motifs is 1. The average Bonchev–Trinajstić information content (AvgIpc) is 3.29. The number of aromatic nitrogens is 4. The standard InChI is InChI=1S/C16H20N6O2S2/c1-21-16-13(10-20-21)15(18-11-19-16)17-9-12-5-6-14(25-12)26(23,24)22-7-3-2-4-8-22/h5-6,10-11H,2-4,7-9H2,1H3,(H,17,18,19). The predicted octanol–water partition coefficient (Wildman–Crippen LogP) is 2.21. The molecule has 0 saturated carbocycles. The molecule has 3 aromatic rings. The van der Waals surface area contributed by atoms with Crippen LogP contribution in [0.2, 0.25) is 0 Å². The Morgan fingerprint density at radius 2 is 2.00 bits per heavy atom. The van der Waals surface area contributed by atoms with Crippen molar-refractivity contribution in [2.45, 2.75) is 30.0 Å². The highest BCUT2D eigenvalue weighted by molar-refractivity contribution is 7.91. The monoisotopic (exact) mass is 392 g/mol. The van der Waals surface area contributed by atoms with E-state index >= 15 is 0 Å². The molecule has 0 spiro atoms. The van der Waals surface area contributed by atoms with E-state index in [9.17, 15) is 8.42 Å². The van der Waals surface area contributed by atoms with Crippen LogP contribution in [0.3, 0.4) is 0 Å². The molecule has 1 fully saturated rings. The third kappa shape index (κ3) is 3.19. The molecule has 1 N–H and O–H groups in total. The number of hydrogen-bond donors (Lipinski definition) is 1. The maximum atomic E-state index is 12.7. The zero-order chi connectivity index (χ0) is 18.1. The van der Waals surface area contributed by atoms with E-state index in [0.717, 1.165) is 35.2 Å². The summed E-state index contributed by atoms with van der Waals surface area (Å²) in [5.41, 5.74) is 0.752. The van der Waals surface area contributed by atoms with Crippen LogP contribution >= 0.6 is 11.3 Å². The van der Waals surface area contributed by atoms with E-state index in [1.54, 1.807) is 21.3 Å². The van der Waals surface area contributed by atoms with Crippen LogP contribution in [0.25, 0.3) is 11.0 Å². The van der Waals surface area contributed by atoms with Gasteiger partial charge in [-0.3, -0.25) is 4.68 Å². The normalized spacial score (nSPS) is 16.2. The van der Waals surface area contributed by atoms with Gasteiger partial charge in [-0.1, -0.05) is 6.42 Å². The molecule has 0 amide bonds. The molecular formula is C16H20N6O2S2. The van der Waals surface area contributed by atoms with E-state index in [4.69, 9.17) is 0 Å². The number of hydrogen-bond acceptors (Lipinski definition) is 7. The van der Waals surface area contributed by atoms with Crippen LogP contribution in [-0.2, 0) is 23.6 Å². The molecule has 1 aliphatic rings. The predicted molar refractivity (Wildman–Crippen MR) is 101 cm³/mol. The van der Waals surface area contributed by atoms with E-state index in [2.05, 4.69) is 20.4 Å². The zero-order valence-electron chi connectivity index (χ0n) is 14.4. The third-order valence-corrected chi connectivity index (χ3v) is 7.96. The number of sulfonamides is 1. The van der Waals surface area contributed by atoms with Crippen LogP contribution < -0.4 is 5.32 Å². The van der Waals surface area contributed by atoms with E-state index in [0.29, 0.717) is 29.7 Å². The van der Waals surface area contributed by atoms with Gasteiger partial charge in [-0.2, -0.15) is 9.40 Å². The van der Waals surface area contributed by atoms with Gasteiger partial charge >= 0.3 is 0 Å². The van der Waals surface area contributed by atoms with E-state index < -0.39 is 10.0 Å². The molecule has 8 nitrogen and oxygen atoms in total. The van der Waals surface area contributed by atoms with Crippen molar-refractivity contribution in [3.05, 3.63) is 29.5 Å². The first-order valence-corrected chi connectivity index (χ1v) is 10.8. The molecule has 0 bridgehead atoms. The first kappa shape index (κ1) is 17.4. The third-order valence-electron chi connectivity index (χ3n) is 4.51. The Morgan fingerprint density at radius 1 is 1.19 bits per heavy atom. The summed E-state index contributed by atoms with van der Waals surface area (Å²) in [6, 6.07) is 3.56. The molecule has 0 atom stereocenters. The van der Waals surface area contributed by atoms with Crippen molar-refractivity contribution >= 4 is 38.2 Å². The highest BCUT2D eigenvalue weighted by Gasteiger charge is 2.27. The van der Waals surface area contributed by atoms with Crippen molar-refractivity contribution in [1.29, 1.82) is 0 Å². The molecule has 0 radical (unpaired) electrons. The Kier molecular flexibility index (Phi) is 4.63. The molecule has 0 aliphatic carbocycles. The smallest absolute Gasteiger partial charge is 0.252 e. The number of anilines is 1. The second-order valence-electron chi connectivity index (χ2n) is 6.27. The summed E-state index contributed by atoms with van der Waals surface area (Å²) in [5.74, 6) is 0.692. The summed E-state index contributed by atoms with van der Waals surface area (Å²) in [6.45, 7) is 1.74. The Bertz CT molecular complexity index is 1020. The van der Waals surface area contributed by atoms with E-state index in [1.807, 2.05) is 13.1 Å². The minimum absolute atomic E-state index is 0.408. The Labute approximate surface area is 155 Å². The van der Waals surface area contributed by atoms with Crippen molar-refractivity contribution in [3.8, 4) is 0 Å². The van der Waals surface area contributed by atoms with Crippen molar-refractivity contribution in [2.24, 2.45) is 7.05 Å². The zero-order valence-corrected chi connectivity index (χ0v) is 16.1. The summed E-state index contributed by atoms with van der Waals surface area (Å²) < 4.78 is 29.2. The van der Waals surface area contributed by atoms with Gasteiger partial charge in [-0.05, 0) is 25.0 Å². The van der Waals surface area contributed by atoms with Crippen molar-refractivity contribution < 1.29 is 8.42 Å². The number of nitrogens with zero attached hydrogens (tertiary/aromatic N) is 5. The van der Waals surface area contributed by atoms with Gasteiger partial charge < -0.3 is 5.32 Å². The van der Waals surface area contributed by atoms with Gasteiger partial charge in [0, 0.05) is 25.0 Å². The molecule has 4 rings (SSSR count). The number of nitrogens with one attached hydrogen (secondary N) is 1. The fourth-order valence-corrected chi connectivity index (χ4v) is 6.07. The molecule has 0 aromatic carbocycles. The first-order chi connectivity index (χ1) is 12.6. The van der Waals surface area contributed by atoms with Gasteiger partial charge in [0.25, 0.3) is 10.0 Å². The SMILES string of the molecule is Cn1ncc2c(NCc3ccc(S(=O)(=O)N4CCCCC4)s3)ncnc21. The van der Waals surface area contributed by atoms with Crippen LogP contribution in [0.15, 0.2) is 28.9 Å². The molecule has 0 unspecified atom stereocenters. The summed E-state index contributed by atoms with van der Waals surface area (Å²) >= 11 is 1.31. The van der Waals surface area contributed by atoms with Gasteiger partial charge in [-0.25, -0.2) is 18.4 Å². The molecular weight excluding hydrogens is 372 g/mol. The lowest BCUT2D eigenvalue weighted by molar-refractivity contribution is 0.347. The second kappa shape index (κ2) is 6.93. The minimum Gasteiger partial charge on any atom is -0.364 e. The Morgan fingerprint density at radius 3 is 2.81 bits per heavy atom. The van der Waals surface area contributed by atoms with Gasteiger partial charge in [0.1, 0.15) is 16.4 Å². The molecule has 4 heterocycles. The number of aryl methyl sites for hydroxylation is 1. The quantitative estimate of drug-likeness (QED) is 0.716. The van der Waals surface area contributed by atoms with Crippen LogP contribution in [-0.4, -0.2) is 45.6 Å². The first-order valence-electron chi connectivity index (χ1n) is 8.51. The minimum atomic E-state index is -3.37. The summed E-state index contributed by atoms with van der Waals surface area (Å²) in [6.07, 6.45) is 6.19. The lowest BCUT2D eigenvalue weighted by atomic mass is 10.2. The van der Waals surface area contributed by atoms with Gasteiger partial charge in [0.05, 0.1) is 18.1 Å². The summed E-state index contributed by atoms with van der Waals surface area (Å²) in [4.78, 5) is 9.42. The maximum absolute atomic E-state index is 12.7. The fraction of sp³-hybridized carbons (Fsp3) is 0.438. The maximum Gasteiger partial charge on any atom is 0.252 e. The summed E-state index contributed by atoms with van der Waals surface area (Å²) in [7, 11) is -1.54. The van der Waals surface area contributed by atoms with Crippen LogP contribution in [0.1, 0.15) is 24.1 Å². The number of piperidine rings is 1. The lowest BCUT2D eigenvalue weighted by Crippen LogP contribution is -2.35. The second-order valence-corrected chi connectivity index (χ2v) is 9.60. The highest BCUT2D eigenvalue weighted by atomic mass is 32.2. The van der Waals surface area contributed by atoms with Gasteiger partial charge in [0.2, 0.25) is 0 Å². The van der Waals surface area contributed by atoms with E-state index in [1.165, 1.54) is 17.7 Å². The number of rotatable bonds is 5. The van der Waals surface area contributed by atoms with Crippen LogP contribution in [0, 0.1) is 0 Å². The van der Waals surface area contributed by atoms with Crippen LogP contribution in [0.5, 0.6) is 0 Å². The molecule has 1 saturated heterocycles. The molecule has 26 heavy (non-hydrogen) atoms. The van der Waals surface area contributed by atoms with Crippen molar-refractivity contribution in [2.75, 3.05) is 18.4 Å². The van der Waals surface area contributed by atoms with Crippen molar-refractivity contribution in [1.82, 2.24) is 24.1 Å². The highest BCUT2D eigenvalue weighted by Crippen LogP contribution is 2.28. The van der Waals surface area contributed by atoms with E-state index in [-0.39, 0.29) is 0 Å². The Balaban J connectivity index is 1.50. The van der Waals surface area contributed by atoms with Gasteiger partial charge in [0.15, 0.2) is 5.65 Å². The number of thiophene rings is 1. The van der Waals surface area contributed by atoms with Gasteiger partial charge in [-0.15, -0.1) is 11.3 Å². The Hall–Kier alpha value is -2.04. The fourth-order valence-electron chi connectivity index (χ4n) is 3.10. The lowest BCUT2D eigenvalue weighted by Gasteiger charge is -2.25. The van der Waals surface area contributed by atoms with Crippen molar-refractivity contribution in [3.63, 3.8) is 0 Å². The summed E-state index contributed by atoms with van der Waals surface area (Å²) in [5, 5.41) is 8.29. The molecule has 3 aromatic heterocycles. The molecule has 138 valence electrons.